The first-order valence-electron chi connectivity index (χ1n) is 9.84. The van der Waals surface area contributed by atoms with Gasteiger partial charge in [-0.15, -0.1) is 0 Å². The molecule has 0 spiro atoms. The maximum Gasteiger partial charge on any atom is 1.00 e. The van der Waals surface area contributed by atoms with E-state index in [4.69, 9.17) is 6.42 Å². The molecule has 0 aliphatic heterocycles. The van der Waals surface area contributed by atoms with Gasteiger partial charge in [0.15, 0.2) is 0 Å². The van der Waals surface area contributed by atoms with Gasteiger partial charge >= 0.3 is 22.4 Å². The van der Waals surface area contributed by atoms with Crippen LogP contribution in [0.2, 0.25) is 0 Å². The summed E-state index contributed by atoms with van der Waals surface area (Å²) < 4.78 is 0. The van der Waals surface area contributed by atoms with Crippen molar-refractivity contribution in [3.05, 3.63) is 97.4 Å². The Morgan fingerprint density at radius 2 is 0.964 bits per heavy atom. The van der Waals surface area contributed by atoms with Crippen LogP contribution in [0.25, 0.3) is 0 Å². The SMILES string of the molecule is [Au+].[C-]#CC1CCCCC1.c1ccc([PH+](c2ccccc2)c2ccccc2)cc1. The molecule has 4 rings (SSSR count). The number of benzene rings is 3. The van der Waals surface area contributed by atoms with E-state index in [0.717, 1.165) is 0 Å². The Bertz CT molecular complexity index is 725. The maximum absolute atomic E-state index is 6.85. The minimum absolute atomic E-state index is 0. The van der Waals surface area contributed by atoms with Crippen molar-refractivity contribution in [2.24, 2.45) is 5.92 Å². The molecule has 0 nitrogen and oxygen atoms in total. The predicted octanol–water partition coefficient (Wildman–Crippen LogP) is 5.33. The van der Waals surface area contributed by atoms with Gasteiger partial charge in [-0.25, -0.2) is 0 Å². The van der Waals surface area contributed by atoms with Crippen molar-refractivity contribution in [2.75, 3.05) is 0 Å². The fourth-order valence-electron chi connectivity index (χ4n) is 3.56. The third-order valence-corrected chi connectivity index (χ3v) is 7.73. The van der Waals surface area contributed by atoms with Gasteiger partial charge in [0.1, 0.15) is 15.9 Å². The molecular formula is C26H27AuP+. The normalized spacial score (nSPS) is 13.6. The molecule has 0 saturated heterocycles. The van der Waals surface area contributed by atoms with Crippen LogP contribution in [0.15, 0.2) is 91.0 Å². The Kier molecular flexibility index (Phi) is 10.3. The van der Waals surface area contributed by atoms with Gasteiger partial charge in [0.05, 0.1) is 7.92 Å². The monoisotopic (exact) mass is 567 g/mol. The second-order valence-electron chi connectivity index (χ2n) is 6.95. The van der Waals surface area contributed by atoms with Crippen molar-refractivity contribution in [1.82, 2.24) is 0 Å². The molecular weight excluding hydrogens is 540 g/mol. The molecule has 146 valence electrons. The van der Waals surface area contributed by atoms with Gasteiger partial charge in [0.25, 0.3) is 0 Å². The molecule has 0 atom stereocenters. The van der Waals surface area contributed by atoms with Crippen LogP contribution in [0.3, 0.4) is 0 Å². The van der Waals surface area contributed by atoms with Gasteiger partial charge in [-0.05, 0) is 55.2 Å². The smallest absolute Gasteiger partial charge is 0.693 e. The van der Waals surface area contributed by atoms with Gasteiger partial charge in [-0.3, -0.25) is 0 Å². The van der Waals surface area contributed by atoms with Crippen LogP contribution in [-0.2, 0) is 22.4 Å². The van der Waals surface area contributed by atoms with Crippen LogP contribution in [0.5, 0.6) is 0 Å². The zero-order valence-electron chi connectivity index (χ0n) is 16.1. The molecule has 1 fully saturated rings. The van der Waals surface area contributed by atoms with E-state index in [1.54, 1.807) is 0 Å². The van der Waals surface area contributed by atoms with Crippen molar-refractivity contribution >= 4 is 23.8 Å². The molecule has 1 aliphatic rings. The Hall–Kier alpha value is -1.61. The summed E-state index contributed by atoms with van der Waals surface area (Å²) in [6.45, 7) is 0. The first-order chi connectivity index (χ1) is 13.4. The van der Waals surface area contributed by atoms with Crippen molar-refractivity contribution in [2.45, 2.75) is 32.1 Å². The Morgan fingerprint density at radius 3 is 1.25 bits per heavy atom. The third kappa shape index (κ3) is 6.77. The van der Waals surface area contributed by atoms with E-state index in [-0.39, 0.29) is 22.4 Å². The molecule has 3 aromatic rings. The summed E-state index contributed by atoms with van der Waals surface area (Å²) in [5.41, 5.74) is 0. The van der Waals surface area contributed by atoms with E-state index in [0.29, 0.717) is 5.92 Å². The molecule has 1 saturated carbocycles. The minimum atomic E-state index is -0.877. The summed E-state index contributed by atoms with van der Waals surface area (Å²) >= 11 is 0. The van der Waals surface area contributed by atoms with Crippen LogP contribution in [-0.4, -0.2) is 0 Å². The zero-order chi connectivity index (χ0) is 18.7. The van der Waals surface area contributed by atoms with Crippen molar-refractivity contribution in [3.8, 4) is 5.92 Å². The largest absolute Gasteiger partial charge is 1.00 e. The van der Waals surface area contributed by atoms with Crippen molar-refractivity contribution < 1.29 is 22.4 Å². The van der Waals surface area contributed by atoms with E-state index >= 15 is 0 Å². The zero-order valence-corrected chi connectivity index (χ0v) is 19.2. The van der Waals surface area contributed by atoms with Crippen molar-refractivity contribution in [3.63, 3.8) is 0 Å². The summed E-state index contributed by atoms with van der Waals surface area (Å²) in [6.07, 6.45) is 13.3. The van der Waals surface area contributed by atoms with Crippen molar-refractivity contribution in [1.29, 1.82) is 0 Å². The molecule has 2 heteroatoms. The summed E-state index contributed by atoms with van der Waals surface area (Å²) in [7, 11) is -0.877. The molecule has 0 heterocycles. The van der Waals surface area contributed by atoms with Crippen LogP contribution >= 0.6 is 7.92 Å². The summed E-state index contributed by atoms with van der Waals surface area (Å²) in [4.78, 5) is 0. The molecule has 28 heavy (non-hydrogen) atoms. The quantitative estimate of drug-likeness (QED) is 0.174. The number of hydrogen-bond donors (Lipinski definition) is 0. The number of hydrogen-bond acceptors (Lipinski definition) is 0. The molecule has 1 aliphatic carbocycles. The average Bonchev–Trinajstić information content (AvgIpc) is 2.77. The first-order valence-corrected chi connectivity index (χ1v) is 11.3. The van der Waals surface area contributed by atoms with E-state index in [1.807, 2.05) is 0 Å². The second-order valence-corrected chi connectivity index (χ2v) is 9.43. The summed E-state index contributed by atoms with van der Waals surface area (Å²) in [6, 6.07) is 32.5. The molecule has 0 N–H and O–H groups in total. The van der Waals surface area contributed by atoms with Crippen LogP contribution in [0.4, 0.5) is 0 Å². The van der Waals surface area contributed by atoms with Gasteiger partial charge in [0, 0.05) is 0 Å². The Morgan fingerprint density at radius 1 is 0.607 bits per heavy atom. The van der Waals surface area contributed by atoms with Gasteiger partial charge < -0.3 is 12.3 Å². The van der Waals surface area contributed by atoms with Crippen LogP contribution < -0.4 is 15.9 Å². The molecule has 0 unspecified atom stereocenters. The predicted molar refractivity (Wildman–Crippen MR) is 120 cm³/mol. The standard InChI is InChI=1S/C18H15P.C8H11.Au/c1-4-10-16(11-5-1)19(17-12-6-2-7-13-17)18-14-8-3-9-15-18;1-2-8-6-4-3-5-7-8;/h1-15H;8H,3-7H2;/q;-1;+1/p+1. The Labute approximate surface area is 187 Å². The average molecular weight is 567 g/mol. The summed E-state index contributed by atoms with van der Waals surface area (Å²) in [5, 5.41) is 4.31. The molecule has 0 bridgehead atoms. The van der Waals surface area contributed by atoms with Gasteiger partial charge in [-0.2, -0.15) is 0 Å². The van der Waals surface area contributed by atoms with E-state index in [2.05, 4.69) is 96.9 Å². The molecule has 0 amide bonds. The Balaban J connectivity index is 0.000000264. The van der Waals surface area contributed by atoms with E-state index < -0.39 is 7.92 Å². The maximum atomic E-state index is 6.85. The third-order valence-electron chi connectivity index (χ3n) is 5.00. The minimum Gasteiger partial charge on any atom is -0.693 e. The first kappa shape index (κ1) is 22.7. The molecule has 0 radical (unpaired) electrons. The second kappa shape index (κ2) is 12.8. The fourth-order valence-corrected chi connectivity index (χ4v) is 6.14. The summed E-state index contributed by atoms with van der Waals surface area (Å²) in [5.74, 6) is 3.06. The van der Waals surface area contributed by atoms with Crippen LogP contribution in [0, 0.1) is 18.3 Å². The van der Waals surface area contributed by atoms with E-state index in [1.165, 1.54) is 48.0 Å². The molecule has 3 aromatic carbocycles. The fraction of sp³-hybridized carbons (Fsp3) is 0.231. The van der Waals surface area contributed by atoms with Crippen LogP contribution in [0.1, 0.15) is 32.1 Å². The topological polar surface area (TPSA) is 0 Å². The van der Waals surface area contributed by atoms with E-state index in [9.17, 15) is 0 Å². The van der Waals surface area contributed by atoms with Gasteiger partial charge in [0.2, 0.25) is 0 Å². The van der Waals surface area contributed by atoms with Gasteiger partial charge in [-0.1, -0.05) is 73.9 Å². The number of rotatable bonds is 3. The molecule has 0 aromatic heterocycles.